The zero-order chi connectivity index (χ0) is 12.8. The molecule has 0 bridgehead atoms. The van der Waals surface area contributed by atoms with Crippen LogP contribution in [0.4, 0.5) is 0 Å². The lowest BCUT2D eigenvalue weighted by Crippen LogP contribution is -2.06. The molecule has 0 aromatic heterocycles. The summed E-state index contributed by atoms with van der Waals surface area (Å²) in [5.74, 6) is 0. The molecule has 1 atom stereocenters. The summed E-state index contributed by atoms with van der Waals surface area (Å²) in [7, 11) is 0. The van der Waals surface area contributed by atoms with Crippen LogP contribution in [0.25, 0.3) is 0 Å². The predicted molar refractivity (Wildman–Crippen MR) is 81.9 cm³/mol. The van der Waals surface area contributed by atoms with Gasteiger partial charge in [-0.25, -0.2) is 0 Å². The minimum atomic E-state index is 0.0720. The highest BCUT2D eigenvalue weighted by Gasteiger charge is 2.10. The average molecular weight is 370 g/mol. The Morgan fingerprint density at radius 2 is 1.78 bits per heavy atom. The van der Waals surface area contributed by atoms with Crippen molar-refractivity contribution in [3.63, 3.8) is 0 Å². The lowest BCUT2D eigenvalue weighted by molar-refractivity contribution is 0.0565. The van der Waals surface area contributed by atoms with Gasteiger partial charge >= 0.3 is 0 Å². The van der Waals surface area contributed by atoms with Crippen molar-refractivity contribution < 1.29 is 4.74 Å². The molecular formula is C15H14Br2O. The van der Waals surface area contributed by atoms with Gasteiger partial charge in [-0.1, -0.05) is 74.3 Å². The Bertz CT molecular complexity index is 485. The summed E-state index contributed by atoms with van der Waals surface area (Å²) in [5, 5.41) is 0.788. The second-order valence-corrected chi connectivity index (χ2v) is 5.56. The van der Waals surface area contributed by atoms with Crippen LogP contribution < -0.4 is 0 Å². The maximum Gasteiger partial charge on any atom is 0.0926 e. The molecule has 0 aliphatic heterocycles. The normalized spacial score (nSPS) is 12.3. The first kappa shape index (κ1) is 13.8. The summed E-state index contributed by atoms with van der Waals surface area (Å²) < 4.78 is 7.03. The molecule has 1 nitrogen and oxygen atoms in total. The second kappa shape index (κ2) is 7.07. The molecule has 0 N–H and O–H groups in total. The van der Waals surface area contributed by atoms with Crippen molar-refractivity contribution in [1.29, 1.82) is 0 Å². The molecule has 18 heavy (non-hydrogen) atoms. The second-order valence-electron chi connectivity index (χ2n) is 3.99. The van der Waals surface area contributed by atoms with Gasteiger partial charge in [-0.15, -0.1) is 0 Å². The van der Waals surface area contributed by atoms with E-state index in [2.05, 4.69) is 56.1 Å². The highest BCUT2D eigenvalue weighted by molar-refractivity contribution is 9.10. The van der Waals surface area contributed by atoms with Crippen molar-refractivity contribution in [3.05, 3.63) is 70.2 Å². The van der Waals surface area contributed by atoms with E-state index in [1.54, 1.807) is 0 Å². The smallest absolute Gasteiger partial charge is 0.0926 e. The standard InChI is InChI=1S/C15H14Br2O/c16-10-15(13-7-4-8-14(17)9-13)18-11-12-5-2-1-3-6-12/h1-9,15H,10-11H2. The quantitative estimate of drug-likeness (QED) is 0.666. The molecule has 0 aliphatic rings. The lowest BCUT2D eigenvalue weighted by atomic mass is 10.1. The Morgan fingerprint density at radius 1 is 1.00 bits per heavy atom. The van der Waals surface area contributed by atoms with Gasteiger partial charge in [0, 0.05) is 9.80 Å². The van der Waals surface area contributed by atoms with Crippen LogP contribution in [0.5, 0.6) is 0 Å². The maximum atomic E-state index is 5.95. The van der Waals surface area contributed by atoms with Gasteiger partial charge in [-0.3, -0.25) is 0 Å². The fourth-order valence-electron chi connectivity index (χ4n) is 1.71. The molecule has 0 fully saturated rings. The highest BCUT2D eigenvalue weighted by Crippen LogP contribution is 2.24. The highest BCUT2D eigenvalue weighted by atomic mass is 79.9. The third-order valence-electron chi connectivity index (χ3n) is 2.65. The average Bonchev–Trinajstić information content (AvgIpc) is 2.41. The monoisotopic (exact) mass is 368 g/mol. The Labute approximate surface area is 124 Å². The first-order valence-electron chi connectivity index (χ1n) is 5.76. The summed E-state index contributed by atoms with van der Waals surface area (Å²) >= 11 is 7.00. The van der Waals surface area contributed by atoms with Gasteiger partial charge in [0.25, 0.3) is 0 Å². The minimum absolute atomic E-state index is 0.0720. The first-order valence-corrected chi connectivity index (χ1v) is 7.68. The maximum absolute atomic E-state index is 5.95. The van der Waals surface area contributed by atoms with E-state index >= 15 is 0 Å². The minimum Gasteiger partial charge on any atom is -0.368 e. The molecule has 2 aromatic rings. The number of halogens is 2. The molecule has 2 aromatic carbocycles. The van der Waals surface area contributed by atoms with E-state index in [9.17, 15) is 0 Å². The molecule has 0 radical (unpaired) electrons. The van der Waals surface area contributed by atoms with E-state index in [4.69, 9.17) is 4.74 Å². The van der Waals surface area contributed by atoms with Crippen molar-refractivity contribution >= 4 is 31.9 Å². The van der Waals surface area contributed by atoms with E-state index in [-0.39, 0.29) is 6.10 Å². The molecule has 0 saturated carbocycles. The van der Waals surface area contributed by atoms with Crippen LogP contribution in [0, 0.1) is 0 Å². The van der Waals surface area contributed by atoms with Gasteiger partial charge in [-0.2, -0.15) is 0 Å². The Kier molecular flexibility index (Phi) is 5.42. The van der Waals surface area contributed by atoms with Gasteiger partial charge in [0.05, 0.1) is 12.7 Å². The molecule has 0 saturated heterocycles. The summed E-state index contributed by atoms with van der Waals surface area (Å²) in [6.45, 7) is 0.629. The molecule has 0 aliphatic carbocycles. The van der Waals surface area contributed by atoms with Gasteiger partial charge in [0.1, 0.15) is 0 Å². The molecule has 0 spiro atoms. The van der Waals surface area contributed by atoms with Gasteiger partial charge < -0.3 is 4.74 Å². The Balaban J connectivity index is 2.02. The van der Waals surface area contributed by atoms with Crippen molar-refractivity contribution in [2.75, 3.05) is 5.33 Å². The van der Waals surface area contributed by atoms with Gasteiger partial charge in [0.15, 0.2) is 0 Å². The number of hydrogen-bond donors (Lipinski definition) is 0. The van der Waals surface area contributed by atoms with E-state index < -0.39 is 0 Å². The van der Waals surface area contributed by atoms with Crippen LogP contribution in [-0.4, -0.2) is 5.33 Å². The molecule has 1 unspecified atom stereocenters. The van der Waals surface area contributed by atoms with Crippen molar-refractivity contribution in [1.82, 2.24) is 0 Å². The summed E-state index contributed by atoms with van der Waals surface area (Å²) in [4.78, 5) is 0. The van der Waals surface area contributed by atoms with Crippen LogP contribution in [0.2, 0.25) is 0 Å². The molecule has 0 amide bonds. The molecular weight excluding hydrogens is 356 g/mol. The predicted octanol–water partition coefficient (Wildman–Crippen LogP) is 5.10. The Hall–Kier alpha value is -0.640. The zero-order valence-corrected chi connectivity index (χ0v) is 13.0. The number of rotatable bonds is 5. The lowest BCUT2D eigenvalue weighted by Gasteiger charge is -2.16. The van der Waals surface area contributed by atoms with Crippen LogP contribution >= 0.6 is 31.9 Å². The number of hydrogen-bond acceptors (Lipinski definition) is 1. The van der Waals surface area contributed by atoms with Crippen molar-refractivity contribution in [3.8, 4) is 0 Å². The first-order chi connectivity index (χ1) is 8.79. The summed E-state index contributed by atoms with van der Waals surface area (Å²) in [6.07, 6.45) is 0.0720. The van der Waals surface area contributed by atoms with Crippen LogP contribution in [0.15, 0.2) is 59.1 Å². The number of benzene rings is 2. The summed E-state index contributed by atoms with van der Waals surface area (Å²) in [5.41, 5.74) is 2.37. The fraction of sp³-hybridized carbons (Fsp3) is 0.200. The van der Waals surface area contributed by atoms with Gasteiger partial charge in [-0.05, 0) is 23.3 Å². The van der Waals surface area contributed by atoms with Crippen molar-refractivity contribution in [2.45, 2.75) is 12.7 Å². The molecule has 2 rings (SSSR count). The topological polar surface area (TPSA) is 9.23 Å². The SMILES string of the molecule is BrCC(OCc1ccccc1)c1cccc(Br)c1. The molecule has 0 heterocycles. The van der Waals surface area contributed by atoms with Crippen LogP contribution in [0.1, 0.15) is 17.2 Å². The zero-order valence-electron chi connectivity index (χ0n) is 9.85. The van der Waals surface area contributed by atoms with Crippen LogP contribution in [-0.2, 0) is 11.3 Å². The largest absolute Gasteiger partial charge is 0.368 e. The van der Waals surface area contributed by atoms with Crippen molar-refractivity contribution in [2.24, 2.45) is 0 Å². The van der Waals surface area contributed by atoms with Gasteiger partial charge in [0.2, 0.25) is 0 Å². The van der Waals surface area contributed by atoms with E-state index in [0.29, 0.717) is 6.61 Å². The summed E-state index contributed by atoms with van der Waals surface area (Å²) in [6, 6.07) is 18.4. The number of ether oxygens (including phenoxy) is 1. The Morgan fingerprint density at radius 3 is 2.44 bits per heavy atom. The van der Waals surface area contributed by atoms with Crippen LogP contribution in [0.3, 0.4) is 0 Å². The van der Waals surface area contributed by atoms with E-state index in [0.717, 1.165) is 9.80 Å². The molecule has 94 valence electrons. The third kappa shape index (κ3) is 3.94. The van der Waals surface area contributed by atoms with E-state index in [1.807, 2.05) is 30.3 Å². The number of alkyl halides is 1. The van der Waals surface area contributed by atoms with E-state index in [1.165, 1.54) is 11.1 Å². The molecule has 3 heteroatoms. The fourth-order valence-corrected chi connectivity index (χ4v) is 2.69. The third-order valence-corrected chi connectivity index (χ3v) is 3.74.